The van der Waals surface area contributed by atoms with E-state index in [2.05, 4.69) is 10.6 Å². The molecule has 100 valence electrons. The smallest absolute Gasteiger partial charge is 0.242 e. The number of likely N-dealkylation sites (N-methyl/N-ethyl adjacent to an activating group) is 2. The van der Waals surface area contributed by atoms with Gasteiger partial charge in [-0.15, -0.1) is 0 Å². The van der Waals surface area contributed by atoms with Gasteiger partial charge in [0.1, 0.15) is 6.04 Å². The number of hydrogen-bond donors (Lipinski definition) is 2. The molecule has 2 unspecified atom stereocenters. The van der Waals surface area contributed by atoms with Crippen molar-refractivity contribution >= 4 is 11.8 Å². The lowest BCUT2D eigenvalue weighted by atomic mass is 10.0. The molecule has 0 aliphatic carbocycles. The van der Waals surface area contributed by atoms with Crippen LogP contribution in [0.4, 0.5) is 0 Å². The molecule has 0 bridgehead atoms. The molecule has 0 fully saturated rings. The molecule has 0 heterocycles. The third-order valence-corrected chi connectivity index (χ3v) is 2.74. The Kier molecular flexibility index (Phi) is 6.80. The van der Waals surface area contributed by atoms with Gasteiger partial charge in [0.15, 0.2) is 0 Å². The zero-order valence-corrected chi connectivity index (χ0v) is 11.7. The fraction of sp³-hybridized carbons (Fsp3) is 0.833. The molecule has 5 heteroatoms. The molecule has 0 saturated carbocycles. The highest BCUT2D eigenvalue weighted by molar-refractivity contribution is 5.89. The Hall–Kier alpha value is -1.10. The Morgan fingerprint density at radius 1 is 1.18 bits per heavy atom. The second kappa shape index (κ2) is 7.27. The number of rotatable bonds is 6. The van der Waals surface area contributed by atoms with Crippen molar-refractivity contribution in [3.05, 3.63) is 0 Å². The number of nitrogens with zero attached hydrogens (tertiary/aromatic N) is 1. The molecule has 17 heavy (non-hydrogen) atoms. The summed E-state index contributed by atoms with van der Waals surface area (Å²) in [6.45, 7) is 5.86. The van der Waals surface area contributed by atoms with Crippen LogP contribution in [0.3, 0.4) is 0 Å². The molecule has 0 spiro atoms. The second-order valence-electron chi connectivity index (χ2n) is 4.74. The van der Waals surface area contributed by atoms with Gasteiger partial charge >= 0.3 is 0 Å². The predicted molar refractivity (Wildman–Crippen MR) is 68.6 cm³/mol. The monoisotopic (exact) mass is 243 g/mol. The number of carbonyl (C=O) groups is 2. The fourth-order valence-electron chi connectivity index (χ4n) is 1.92. The van der Waals surface area contributed by atoms with Crippen molar-refractivity contribution in [3.8, 4) is 0 Å². The molecule has 0 aromatic carbocycles. The van der Waals surface area contributed by atoms with Crippen molar-refractivity contribution in [2.24, 2.45) is 5.92 Å². The number of nitrogens with one attached hydrogen (secondary N) is 2. The van der Waals surface area contributed by atoms with Gasteiger partial charge < -0.3 is 10.6 Å². The second-order valence-corrected chi connectivity index (χ2v) is 4.74. The maximum Gasteiger partial charge on any atom is 0.242 e. The van der Waals surface area contributed by atoms with Crippen LogP contribution in [-0.4, -0.2) is 49.9 Å². The van der Waals surface area contributed by atoms with Crippen LogP contribution in [0.1, 0.15) is 27.2 Å². The average Bonchev–Trinajstić information content (AvgIpc) is 2.23. The topological polar surface area (TPSA) is 61.4 Å². The summed E-state index contributed by atoms with van der Waals surface area (Å²) in [7, 11) is 5.30. The molecule has 0 radical (unpaired) electrons. The SMILES string of the molecule is CCC(NC(=O)C(C(C)C)N(C)C)C(=O)NC. The summed E-state index contributed by atoms with van der Waals surface area (Å²) in [6, 6.07) is -0.664. The lowest BCUT2D eigenvalue weighted by Crippen LogP contribution is -2.53. The van der Waals surface area contributed by atoms with E-state index in [9.17, 15) is 9.59 Å². The van der Waals surface area contributed by atoms with Crippen molar-refractivity contribution < 1.29 is 9.59 Å². The summed E-state index contributed by atoms with van der Waals surface area (Å²) in [5.41, 5.74) is 0. The minimum Gasteiger partial charge on any atom is -0.357 e. The molecule has 0 aliphatic heterocycles. The van der Waals surface area contributed by atoms with Crippen molar-refractivity contribution in [3.63, 3.8) is 0 Å². The Morgan fingerprint density at radius 2 is 1.71 bits per heavy atom. The minimum atomic E-state index is -0.450. The van der Waals surface area contributed by atoms with Gasteiger partial charge in [-0.1, -0.05) is 20.8 Å². The zero-order chi connectivity index (χ0) is 13.6. The number of carbonyl (C=O) groups excluding carboxylic acids is 2. The molecular formula is C12H25N3O2. The van der Waals surface area contributed by atoms with E-state index in [4.69, 9.17) is 0 Å². The predicted octanol–water partition coefficient (Wildman–Crippen LogP) is 0.213. The van der Waals surface area contributed by atoms with Gasteiger partial charge in [-0.25, -0.2) is 0 Å². The van der Waals surface area contributed by atoms with E-state index in [0.717, 1.165) is 0 Å². The Balaban J connectivity index is 4.63. The van der Waals surface area contributed by atoms with Crippen molar-refractivity contribution in [2.75, 3.05) is 21.1 Å². The van der Waals surface area contributed by atoms with Crippen LogP contribution in [0.15, 0.2) is 0 Å². The van der Waals surface area contributed by atoms with Gasteiger partial charge in [-0.2, -0.15) is 0 Å². The van der Waals surface area contributed by atoms with E-state index < -0.39 is 6.04 Å². The molecule has 0 aliphatic rings. The first kappa shape index (κ1) is 15.9. The normalized spacial score (nSPS) is 14.6. The molecule has 2 atom stereocenters. The van der Waals surface area contributed by atoms with Crippen LogP contribution in [0.5, 0.6) is 0 Å². The Bertz CT molecular complexity index is 256. The summed E-state index contributed by atoms with van der Waals surface area (Å²) in [4.78, 5) is 25.5. The summed E-state index contributed by atoms with van der Waals surface area (Å²) < 4.78 is 0. The summed E-state index contributed by atoms with van der Waals surface area (Å²) in [5.74, 6) is -0.0465. The number of amides is 2. The van der Waals surface area contributed by atoms with Gasteiger partial charge in [0.2, 0.25) is 11.8 Å². The van der Waals surface area contributed by atoms with Gasteiger partial charge in [0.05, 0.1) is 6.04 Å². The standard InChI is InChI=1S/C12H25N3O2/c1-7-9(11(16)13-4)14-12(17)10(8(2)3)15(5)6/h8-10H,7H2,1-6H3,(H,13,16)(H,14,17). The molecule has 0 aromatic heterocycles. The quantitative estimate of drug-likeness (QED) is 0.701. The van der Waals surface area contributed by atoms with E-state index in [1.807, 2.05) is 39.8 Å². The van der Waals surface area contributed by atoms with E-state index in [0.29, 0.717) is 6.42 Å². The maximum absolute atomic E-state index is 12.1. The van der Waals surface area contributed by atoms with E-state index >= 15 is 0 Å². The van der Waals surface area contributed by atoms with E-state index in [1.54, 1.807) is 7.05 Å². The first-order valence-electron chi connectivity index (χ1n) is 6.03. The first-order chi connectivity index (χ1) is 7.84. The molecule has 0 rings (SSSR count). The summed E-state index contributed by atoms with van der Waals surface area (Å²) in [5, 5.41) is 5.34. The summed E-state index contributed by atoms with van der Waals surface area (Å²) in [6.07, 6.45) is 0.587. The lowest BCUT2D eigenvalue weighted by Gasteiger charge is -2.28. The largest absolute Gasteiger partial charge is 0.357 e. The zero-order valence-electron chi connectivity index (χ0n) is 11.7. The van der Waals surface area contributed by atoms with E-state index in [-0.39, 0.29) is 23.8 Å². The van der Waals surface area contributed by atoms with Crippen LogP contribution in [0, 0.1) is 5.92 Å². The van der Waals surface area contributed by atoms with Crippen molar-refractivity contribution in [1.82, 2.24) is 15.5 Å². The molecule has 5 nitrogen and oxygen atoms in total. The Morgan fingerprint density at radius 3 is 2.00 bits per heavy atom. The number of hydrogen-bond acceptors (Lipinski definition) is 3. The van der Waals surface area contributed by atoms with E-state index in [1.165, 1.54) is 0 Å². The van der Waals surface area contributed by atoms with Gasteiger partial charge in [-0.3, -0.25) is 14.5 Å². The highest BCUT2D eigenvalue weighted by atomic mass is 16.2. The van der Waals surface area contributed by atoms with Crippen molar-refractivity contribution in [1.29, 1.82) is 0 Å². The highest BCUT2D eigenvalue weighted by Crippen LogP contribution is 2.08. The fourth-order valence-corrected chi connectivity index (χ4v) is 1.92. The third kappa shape index (κ3) is 4.73. The molecule has 0 aromatic rings. The third-order valence-electron chi connectivity index (χ3n) is 2.74. The van der Waals surface area contributed by atoms with Crippen LogP contribution >= 0.6 is 0 Å². The molecular weight excluding hydrogens is 218 g/mol. The van der Waals surface area contributed by atoms with Gasteiger partial charge in [0, 0.05) is 7.05 Å². The van der Waals surface area contributed by atoms with Crippen LogP contribution in [0.2, 0.25) is 0 Å². The summed E-state index contributed by atoms with van der Waals surface area (Å²) >= 11 is 0. The highest BCUT2D eigenvalue weighted by Gasteiger charge is 2.27. The van der Waals surface area contributed by atoms with Crippen LogP contribution in [-0.2, 0) is 9.59 Å². The molecule has 0 saturated heterocycles. The molecule has 2 amide bonds. The molecule has 2 N–H and O–H groups in total. The average molecular weight is 243 g/mol. The lowest BCUT2D eigenvalue weighted by molar-refractivity contribution is -0.132. The minimum absolute atomic E-state index is 0.0968. The van der Waals surface area contributed by atoms with Crippen LogP contribution in [0.25, 0.3) is 0 Å². The first-order valence-corrected chi connectivity index (χ1v) is 6.03. The van der Waals surface area contributed by atoms with Crippen molar-refractivity contribution in [2.45, 2.75) is 39.3 Å². The maximum atomic E-state index is 12.1. The Labute approximate surface area is 104 Å². The van der Waals surface area contributed by atoms with Crippen LogP contribution < -0.4 is 10.6 Å². The van der Waals surface area contributed by atoms with Gasteiger partial charge in [-0.05, 0) is 26.4 Å². The van der Waals surface area contributed by atoms with Gasteiger partial charge in [0.25, 0.3) is 0 Å².